The van der Waals surface area contributed by atoms with E-state index in [2.05, 4.69) is 22.2 Å². The Kier molecular flexibility index (Phi) is 3.54. The largest absolute Gasteiger partial charge is 0.376 e. The molecule has 0 bridgehead atoms. The number of anilines is 3. The van der Waals surface area contributed by atoms with Crippen molar-refractivity contribution in [2.75, 3.05) is 24.3 Å². The molecule has 0 aliphatic carbocycles. The third kappa shape index (κ3) is 2.46. The Balaban J connectivity index is 2.38. The van der Waals surface area contributed by atoms with Gasteiger partial charge in [0.15, 0.2) is 0 Å². The monoisotopic (exact) mass is 236 g/mol. The zero-order valence-corrected chi connectivity index (χ0v) is 10.6. The lowest BCUT2D eigenvalue weighted by atomic mass is 10.1. The van der Waals surface area contributed by atoms with Crippen molar-refractivity contribution in [3.8, 4) is 12.3 Å². The van der Waals surface area contributed by atoms with Crippen LogP contribution in [0.4, 0.5) is 17.1 Å². The van der Waals surface area contributed by atoms with Gasteiger partial charge in [0, 0.05) is 19.7 Å². The quantitative estimate of drug-likeness (QED) is 0.821. The van der Waals surface area contributed by atoms with Crippen molar-refractivity contribution < 1.29 is 0 Å². The summed E-state index contributed by atoms with van der Waals surface area (Å²) in [6, 6.07) is 16.0. The molecule has 90 valence electrons. The number of hydrogen-bond acceptors (Lipinski definition) is 2. The van der Waals surface area contributed by atoms with Crippen LogP contribution in [0.25, 0.3) is 0 Å². The van der Waals surface area contributed by atoms with Crippen LogP contribution in [0.5, 0.6) is 0 Å². The Bertz CT molecular complexity index is 580. The summed E-state index contributed by atoms with van der Waals surface area (Å²) in [5, 5.41) is 3.39. The van der Waals surface area contributed by atoms with E-state index in [-0.39, 0.29) is 0 Å². The number of benzene rings is 2. The molecule has 2 heteroatoms. The van der Waals surface area contributed by atoms with E-state index in [1.165, 1.54) is 0 Å². The fraction of sp³-hybridized carbons (Fsp3) is 0.125. The first kappa shape index (κ1) is 12.1. The van der Waals surface area contributed by atoms with E-state index in [0.717, 1.165) is 22.6 Å². The maximum Gasteiger partial charge on any atom is 0.0622 e. The fourth-order valence-electron chi connectivity index (χ4n) is 1.83. The zero-order chi connectivity index (χ0) is 13.0. The van der Waals surface area contributed by atoms with Gasteiger partial charge in [0.05, 0.1) is 17.1 Å². The van der Waals surface area contributed by atoms with Crippen molar-refractivity contribution >= 4 is 17.1 Å². The van der Waals surface area contributed by atoms with Crippen LogP contribution in [0.1, 0.15) is 5.56 Å². The predicted octanol–water partition coefficient (Wildman–Crippen LogP) is 3.48. The molecular formula is C16H16N2. The van der Waals surface area contributed by atoms with Crippen LogP contribution in [0.3, 0.4) is 0 Å². The first-order valence-electron chi connectivity index (χ1n) is 5.81. The molecule has 0 saturated carbocycles. The molecule has 0 aromatic heterocycles. The average Bonchev–Trinajstić information content (AvgIpc) is 2.40. The lowest BCUT2D eigenvalue weighted by Gasteiger charge is -2.18. The third-order valence-electron chi connectivity index (χ3n) is 2.74. The lowest BCUT2D eigenvalue weighted by molar-refractivity contribution is 1.13. The van der Waals surface area contributed by atoms with Crippen molar-refractivity contribution in [1.29, 1.82) is 0 Å². The highest BCUT2D eigenvalue weighted by Crippen LogP contribution is 2.28. The Morgan fingerprint density at radius 3 is 2.22 bits per heavy atom. The maximum absolute atomic E-state index is 5.50. The summed E-state index contributed by atoms with van der Waals surface area (Å²) >= 11 is 0. The molecule has 2 aromatic rings. The number of nitrogens with zero attached hydrogens (tertiary/aromatic N) is 1. The molecule has 0 atom stereocenters. The van der Waals surface area contributed by atoms with Crippen molar-refractivity contribution in [2.24, 2.45) is 0 Å². The minimum atomic E-state index is 0.867. The molecule has 0 unspecified atom stereocenters. The summed E-state index contributed by atoms with van der Waals surface area (Å²) in [5.74, 6) is 2.69. The number of hydrogen-bond donors (Lipinski definition) is 1. The van der Waals surface area contributed by atoms with Gasteiger partial charge >= 0.3 is 0 Å². The number of para-hydroxylation sites is 3. The highest BCUT2D eigenvalue weighted by molar-refractivity contribution is 5.77. The highest BCUT2D eigenvalue weighted by Gasteiger charge is 2.05. The van der Waals surface area contributed by atoms with E-state index >= 15 is 0 Å². The van der Waals surface area contributed by atoms with Crippen LogP contribution in [0.15, 0.2) is 48.5 Å². The second-order valence-electron chi connectivity index (χ2n) is 4.23. The molecule has 18 heavy (non-hydrogen) atoms. The lowest BCUT2D eigenvalue weighted by Crippen LogP contribution is -2.10. The van der Waals surface area contributed by atoms with Gasteiger partial charge in [-0.05, 0) is 24.3 Å². The topological polar surface area (TPSA) is 15.3 Å². The third-order valence-corrected chi connectivity index (χ3v) is 2.74. The Labute approximate surface area is 108 Å². The smallest absolute Gasteiger partial charge is 0.0622 e. The Morgan fingerprint density at radius 1 is 0.944 bits per heavy atom. The standard InChI is InChI=1S/C16H16N2/c1-4-13-9-5-6-10-14(13)17-15-11-7-8-12-16(15)18(2)3/h1,5-12,17H,2-3H3. The summed E-state index contributed by atoms with van der Waals surface area (Å²) in [6.07, 6.45) is 5.50. The normalized spacial score (nSPS) is 9.61. The van der Waals surface area contributed by atoms with E-state index < -0.39 is 0 Å². The predicted molar refractivity (Wildman–Crippen MR) is 78.4 cm³/mol. The minimum Gasteiger partial charge on any atom is -0.376 e. The molecule has 2 aromatic carbocycles. The summed E-state index contributed by atoms with van der Waals surface area (Å²) in [6.45, 7) is 0. The van der Waals surface area contributed by atoms with Gasteiger partial charge in [0.1, 0.15) is 0 Å². The van der Waals surface area contributed by atoms with Crippen molar-refractivity contribution in [1.82, 2.24) is 0 Å². The van der Waals surface area contributed by atoms with E-state index in [4.69, 9.17) is 6.42 Å². The van der Waals surface area contributed by atoms with Gasteiger partial charge < -0.3 is 10.2 Å². The fourth-order valence-corrected chi connectivity index (χ4v) is 1.83. The Hall–Kier alpha value is -2.40. The molecule has 1 N–H and O–H groups in total. The second-order valence-corrected chi connectivity index (χ2v) is 4.23. The van der Waals surface area contributed by atoms with Crippen molar-refractivity contribution in [3.63, 3.8) is 0 Å². The molecule has 0 aliphatic heterocycles. The highest BCUT2D eigenvalue weighted by atomic mass is 15.1. The van der Waals surface area contributed by atoms with E-state index in [1.807, 2.05) is 56.6 Å². The average molecular weight is 236 g/mol. The SMILES string of the molecule is C#Cc1ccccc1Nc1ccccc1N(C)C. The number of terminal acetylenes is 1. The van der Waals surface area contributed by atoms with Crippen LogP contribution < -0.4 is 10.2 Å². The molecule has 0 spiro atoms. The minimum absolute atomic E-state index is 0.867. The van der Waals surface area contributed by atoms with Gasteiger partial charge in [-0.1, -0.05) is 30.2 Å². The van der Waals surface area contributed by atoms with Gasteiger partial charge in [-0.3, -0.25) is 0 Å². The maximum atomic E-state index is 5.50. The first-order chi connectivity index (χ1) is 8.72. The molecule has 0 aliphatic rings. The van der Waals surface area contributed by atoms with Crippen LogP contribution in [-0.2, 0) is 0 Å². The van der Waals surface area contributed by atoms with Gasteiger partial charge in [-0.2, -0.15) is 0 Å². The van der Waals surface area contributed by atoms with Gasteiger partial charge in [-0.15, -0.1) is 6.42 Å². The van der Waals surface area contributed by atoms with Crippen LogP contribution >= 0.6 is 0 Å². The van der Waals surface area contributed by atoms with Crippen LogP contribution in [0.2, 0.25) is 0 Å². The molecule has 0 heterocycles. The molecule has 0 amide bonds. The summed E-state index contributed by atoms with van der Waals surface area (Å²) < 4.78 is 0. The summed E-state index contributed by atoms with van der Waals surface area (Å²) in [7, 11) is 4.04. The van der Waals surface area contributed by atoms with E-state index in [9.17, 15) is 0 Å². The van der Waals surface area contributed by atoms with E-state index in [0.29, 0.717) is 0 Å². The Morgan fingerprint density at radius 2 is 1.56 bits per heavy atom. The molecule has 2 rings (SSSR count). The second kappa shape index (κ2) is 5.29. The summed E-state index contributed by atoms with van der Waals surface area (Å²) in [4.78, 5) is 2.07. The number of nitrogens with one attached hydrogen (secondary N) is 1. The summed E-state index contributed by atoms with van der Waals surface area (Å²) in [5.41, 5.74) is 4.00. The zero-order valence-electron chi connectivity index (χ0n) is 10.6. The first-order valence-corrected chi connectivity index (χ1v) is 5.81. The van der Waals surface area contributed by atoms with Crippen molar-refractivity contribution in [2.45, 2.75) is 0 Å². The molecule has 0 fully saturated rings. The molecule has 0 radical (unpaired) electrons. The van der Waals surface area contributed by atoms with Gasteiger partial charge in [0.2, 0.25) is 0 Å². The van der Waals surface area contributed by atoms with E-state index in [1.54, 1.807) is 0 Å². The molecular weight excluding hydrogens is 220 g/mol. The number of rotatable bonds is 3. The van der Waals surface area contributed by atoms with Crippen molar-refractivity contribution in [3.05, 3.63) is 54.1 Å². The molecule has 0 saturated heterocycles. The van der Waals surface area contributed by atoms with Gasteiger partial charge in [0.25, 0.3) is 0 Å². The van der Waals surface area contributed by atoms with Gasteiger partial charge in [-0.25, -0.2) is 0 Å². The van der Waals surface area contributed by atoms with Crippen LogP contribution in [-0.4, -0.2) is 14.1 Å². The van der Waals surface area contributed by atoms with Crippen LogP contribution in [0, 0.1) is 12.3 Å². The molecule has 2 nitrogen and oxygen atoms in total.